The topological polar surface area (TPSA) is 83.2 Å². The van der Waals surface area contributed by atoms with Crippen LogP contribution >= 0.6 is 27.7 Å². The van der Waals surface area contributed by atoms with E-state index in [4.69, 9.17) is 10.00 Å². The number of rotatable bonds is 5. The summed E-state index contributed by atoms with van der Waals surface area (Å²) >= 11 is 4.48. The van der Waals surface area contributed by atoms with Gasteiger partial charge in [0.25, 0.3) is 5.56 Å². The lowest BCUT2D eigenvalue weighted by Gasteiger charge is -2.06. The van der Waals surface area contributed by atoms with E-state index in [1.165, 1.54) is 10.9 Å². The maximum Gasteiger partial charge on any atom is 0.280 e. The van der Waals surface area contributed by atoms with Crippen molar-refractivity contribution < 1.29 is 4.74 Å². The fourth-order valence-corrected chi connectivity index (χ4v) is 3.65. The molecular formula is C20H17BrN4O2S. The van der Waals surface area contributed by atoms with Crippen molar-refractivity contribution >= 4 is 39.6 Å². The van der Waals surface area contributed by atoms with Gasteiger partial charge in [-0.2, -0.15) is 5.26 Å². The Balaban J connectivity index is 1.99. The number of benzene rings is 2. The Labute approximate surface area is 175 Å². The average Bonchev–Trinajstić information content (AvgIpc) is 2.94. The lowest BCUT2D eigenvalue weighted by atomic mass is 10.2. The molecule has 0 saturated heterocycles. The van der Waals surface area contributed by atoms with Gasteiger partial charge >= 0.3 is 0 Å². The van der Waals surface area contributed by atoms with Gasteiger partial charge in [-0.15, -0.1) is 0 Å². The summed E-state index contributed by atoms with van der Waals surface area (Å²) < 4.78 is 7.82. The molecule has 0 bridgehead atoms. The zero-order valence-corrected chi connectivity index (χ0v) is 17.9. The van der Waals surface area contributed by atoms with Crippen LogP contribution in [0.15, 0.2) is 55.6 Å². The van der Waals surface area contributed by atoms with E-state index in [1.807, 2.05) is 37.4 Å². The Morgan fingerprint density at radius 2 is 2.07 bits per heavy atom. The summed E-state index contributed by atoms with van der Waals surface area (Å²) in [4.78, 5) is 18.1. The van der Waals surface area contributed by atoms with E-state index in [1.54, 1.807) is 25.3 Å². The number of aromatic nitrogens is 2. The summed E-state index contributed by atoms with van der Waals surface area (Å²) in [6.45, 7) is 3.78. The van der Waals surface area contributed by atoms with Crippen LogP contribution in [0.5, 0.6) is 5.75 Å². The van der Waals surface area contributed by atoms with Gasteiger partial charge in [-0.3, -0.25) is 14.9 Å². The van der Waals surface area contributed by atoms with Crippen LogP contribution in [0.4, 0.5) is 5.69 Å². The predicted octanol–water partition coefficient (Wildman–Crippen LogP) is 4.88. The minimum Gasteiger partial charge on any atom is -0.494 e. The van der Waals surface area contributed by atoms with Gasteiger partial charge < -0.3 is 4.74 Å². The minimum atomic E-state index is -0.178. The highest BCUT2D eigenvalue weighted by atomic mass is 79.9. The van der Waals surface area contributed by atoms with Crippen molar-refractivity contribution in [3.63, 3.8) is 0 Å². The molecule has 0 unspecified atom stereocenters. The number of aliphatic imine (C=N–C) groups is 1. The van der Waals surface area contributed by atoms with E-state index < -0.39 is 0 Å². The molecule has 0 fully saturated rings. The van der Waals surface area contributed by atoms with Gasteiger partial charge in [0.1, 0.15) is 16.8 Å². The second kappa shape index (κ2) is 8.50. The molecule has 0 saturated carbocycles. The second-order valence-corrected chi connectivity index (χ2v) is 7.78. The summed E-state index contributed by atoms with van der Waals surface area (Å²) in [5, 5.41) is 13.9. The fourth-order valence-electron chi connectivity index (χ4n) is 2.77. The molecular weight excluding hydrogens is 440 g/mol. The number of hydrogen-bond donors (Lipinski definition) is 1. The monoisotopic (exact) mass is 456 g/mol. The van der Waals surface area contributed by atoms with Crippen molar-refractivity contribution in [3.05, 3.63) is 68.0 Å². The molecule has 1 aromatic heterocycles. The van der Waals surface area contributed by atoms with E-state index >= 15 is 0 Å². The van der Waals surface area contributed by atoms with Crippen molar-refractivity contribution in [2.24, 2.45) is 4.99 Å². The number of H-pyrrole nitrogens is 1. The maximum atomic E-state index is 12.9. The number of thiocyanates is 1. The highest BCUT2D eigenvalue weighted by Gasteiger charge is 2.13. The first-order valence-corrected chi connectivity index (χ1v) is 9.91. The molecule has 2 aromatic carbocycles. The predicted molar refractivity (Wildman–Crippen MR) is 115 cm³/mol. The lowest BCUT2D eigenvalue weighted by molar-refractivity contribution is 0.415. The first-order chi connectivity index (χ1) is 13.4. The van der Waals surface area contributed by atoms with Gasteiger partial charge in [0.2, 0.25) is 0 Å². The number of nitrogens with one attached hydrogen (secondary N) is 1. The van der Waals surface area contributed by atoms with E-state index in [0.29, 0.717) is 22.7 Å². The Morgan fingerprint density at radius 3 is 2.75 bits per heavy atom. The Kier molecular flexibility index (Phi) is 6.07. The number of halogens is 1. The van der Waals surface area contributed by atoms with Gasteiger partial charge in [-0.25, -0.2) is 4.68 Å². The Bertz CT molecular complexity index is 1160. The minimum absolute atomic E-state index is 0.178. The van der Waals surface area contributed by atoms with Crippen LogP contribution < -0.4 is 10.3 Å². The summed E-state index contributed by atoms with van der Waals surface area (Å²) in [6, 6.07) is 11.0. The molecule has 28 heavy (non-hydrogen) atoms. The zero-order valence-electron chi connectivity index (χ0n) is 15.5. The first kappa shape index (κ1) is 20.0. The smallest absolute Gasteiger partial charge is 0.280 e. The molecule has 142 valence electrons. The number of nitrogens with zero attached hydrogens (tertiary/aromatic N) is 3. The third-order valence-corrected chi connectivity index (χ3v) is 5.24. The largest absolute Gasteiger partial charge is 0.494 e. The van der Waals surface area contributed by atoms with Crippen LogP contribution in [0.2, 0.25) is 0 Å². The number of aromatic amines is 1. The van der Waals surface area contributed by atoms with Crippen LogP contribution in [-0.2, 0) is 0 Å². The summed E-state index contributed by atoms with van der Waals surface area (Å²) in [5.74, 6) is 0.536. The SMILES string of the molecule is COc1cc(SC#N)ccc1N=Cc1c(C)[nH]n(-c2ccc(Br)cc2C)c1=O. The molecule has 8 heteroatoms. The summed E-state index contributed by atoms with van der Waals surface area (Å²) in [5.41, 5.74) is 3.34. The molecule has 1 N–H and O–H groups in total. The van der Waals surface area contributed by atoms with Crippen LogP contribution in [0, 0.1) is 24.5 Å². The summed E-state index contributed by atoms with van der Waals surface area (Å²) in [6.07, 6.45) is 1.54. The van der Waals surface area contributed by atoms with Gasteiger partial charge in [-0.1, -0.05) is 15.9 Å². The van der Waals surface area contributed by atoms with Crippen LogP contribution in [0.3, 0.4) is 0 Å². The van der Waals surface area contributed by atoms with Crippen LogP contribution in [0.1, 0.15) is 16.8 Å². The molecule has 0 spiro atoms. The number of methoxy groups -OCH3 is 1. The average molecular weight is 457 g/mol. The van der Waals surface area contributed by atoms with Gasteiger partial charge in [-0.05, 0) is 67.6 Å². The van der Waals surface area contributed by atoms with Gasteiger partial charge in [0.15, 0.2) is 0 Å². The molecule has 6 nitrogen and oxygen atoms in total. The van der Waals surface area contributed by atoms with Crippen LogP contribution in [0.25, 0.3) is 5.69 Å². The lowest BCUT2D eigenvalue weighted by Crippen LogP contribution is -2.18. The number of ether oxygens (including phenoxy) is 1. The summed E-state index contributed by atoms with van der Waals surface area (Å²) in [7, 11) is 1.54. The molecule has 3 aromatic rings. The van der Waals surface area contributed by atoms with Gasteiger partial charge in [0, 0.05) is 21.3 Å². The Morgan fingerprint density at radius 1 is 1.29 bits per heavy atom. The Hall–Kier alpha value is -2.76. The van der Waals surface area contributed by atoms with Crippen molar-refractivity contribution in [3.8, 4) is 16.8 Å². The zero-order chi connectivity index (χ0) is 20.3. The van der Waals surface area contributed by atoms with E-state index in [2.05, 4.69) is 26.0 Å². The number of hydrogen-bond acceptors (Lipinski definition) is 5. The molecule has 1 heterocycles. The van der Waals surface area contributed by atoms with E-state index in [9.17, 15) is 4.79 Å². The standard InChI is InChI=1S/C20H17BrN4O2S/c1-12-8-14(21)4-7-18(12)25-20(26)16(13(2)24-25)10-23-17-6-5-15(28-11-22)9-19(17)27-3/h4-10,24H,1-3H3. The fraction of sp³-hybridized carbons (Fsp3) is 0.150. The van der Waals surface area contributed by atoms with Crippen molar-refractivity contribution in [1.82, 2.24) is 9.78 Å². The molecule has 0 amide bonds. The normalized spacial score (nSPS) is 11.0. The quantitative estimate of drug-likeness (QED) is 0.336. The van der Waals surface area contributed by atoms with Crippen molar-refractivity contribution in [2.75, 3.05) is 7.11 Å². The molecule has 0 aliphatic heterocycles. The third kappa shape index (κ3) is 4.06. The maximum absolute atomic E-state index is 12.9. The number of thioether (sulfide) groups is 1. The molecule has 0 radical (unpaired) electrons. The highest BCUT2D eigenvalue weighted by Crippen LogP contribution is 2.32. The third-order valence-electron chi connectivity index (χ3n) is 4.16. The van der Waals surface area contributed by atoms with Crippen molar-refractivity contribution in [1.29, 1.82) is 5.26 Å². The van der Waals surface area contributed by atoms with E-state index in [-0.39, 0.29) is 5.56 Å². The molecule has 0 aliphatic carbocycles. The second-order valence-electron chi connectivity index (χ2n) is 6.01. The number of nitriles is 1. The van der Waals surface area contributed by atoms with Crippen molar-refractivity contribution in [2.45, 2.75) is 18.7 Å². The van der Waals surface area contributed by atoms with E-state index in [0.717, 1.165) is 32.4 Å². The first-order valence-electron chi connectivity index (χ1n) is 8.30. The van der Waals surface area contributed by atoms with Crippen LogP contribution in [-0.4, -0.2) is 23.1 Å². The number of aryl methyl sites for hydroxylation is 2. The molecule has 0 aliphatic rings. The molecule has 0 atom stereocenters. The highest BCUT2D eigenvalue weighted by molar-refractivity contribution is 9.10. The molecule has 3 rings (SSSR count). The van der Waals surface area contributed by atoms with Gasteiger partial charge in [0.05, 0.1) is 18.4 Å².